The Morgan fingerprint density at radius 2 is 1.96 bits per heavy atom. The molecule has 0 saturated carbocycles. The van der Waals surface area contributed by atoms with Gasteiger partial charge in [-0.2, -0.15) is 0 Å². The number of aliphatic hydroxyl groups is 1. The molecular formula is C19H19N5O2S. The van der Waals surface area contributed by atoms with E-state index in [2.05, 4.69) is 20.3 Å². The lowest BCUT2D eigenvalue weighted by Crippen LogP contribution is -2.17. The summed E-state index contributed by atoms with van der Waals surface area (Å²) < 4.78 is 2.12. The van der Waals surface area contributed by atoms with Gasteiger partial charge in [-0.3, -0.25) is 9.36 Å². The Morgan fingerprint density at radius 3 is 2.74 bits per heavy atom. The minimum atomic E-state index is -0.113. The van der Waals surface area contributed by atoms with Gasteiger partial charge in [0, 0.05) is 13.2 Å². The molecule has 138 valence electrons. The van der Waals surface area contributed by atoms with Crippen molar-refractivity contribution in [1.82, 2.24) is 19.5 Å². The zero-order valence-electron chi connectivity index (χ0n) is 14.8. The fourth-order valence-electron chi connectivity index (χ4n) is 2.93. The molecule has 0 aliphatic rings. The van der Waals surface area contributed by atoms with Gasteiger partial charge in [0.2, 0.25) is 0 Å². The predicted molar refractivity (Wildman–Crippen MR) is 108 cm³/mol. The molecule has 0 unspecified atom stereocenters. The normalized spacial score (nSPS) is 11.3. The Hall–Kier alpha value is -2.84. The van der Waals surface area contributed by atoms with Crippen LogP contribution in [0.2, 0.25) is 0 Å². The van der Waals surface area contributed by atoms with Crippen molar-refractivity contribution < 1.29 is 5.11 Å². The van der Waals surface area contributed by atoms with Crippen molar-refractivity contribution in [2.45, 2.75) is 19.8 Å². The van der Waals surface area contributed by atoms with Crippen LogP contribution in [0.3, 0.4) is 0 Å². The first kappa shape index (κ1) is 17.6. The summed E-state index contributed by atoms with van der Waals surface area (Å²) in [5.41, 5.74) is 2.42. The van der Waals surface area contributed by atoms with Crippen LogP contribution in [-0.4, -0.2) is 37.8 Å². The molecule has 0 saturated heterocycles. The topological polar surface area (TPSA) is 92.9 Å². The zero-order chi connectivity index (χ0) is 18.8. The molecule has 0 fully saturated rings. The molecule has 0 aliphatic carbocycles. The van der Waals surface area contributed by atoms with E-state index in [-0.39, 0.29) is 12.2 Å². The second-order valence-corrected chi connectivity index (χ2v) is 7.29. The van der Waals surface area contributed by atoms with Gasteiger partial charge in [-0.15, -0.1) is 11.3 Å². The van der Waals surface area contributed by atoms with Crippen molar-refractivity contribution in [3.05, 3.63) is 52.8 Å². The summed E-state index contributed by atoms with van der Waals surface area (Å²) in [6.45, 7) is 2.86. The third-order valence-electron chi connectivity index (χ3n) is 4.37. The summed E-state index contributed by atoms with van der Waals surface area (Å²) in [7, 11) is 0. The molecule has 0 spiro atoms. The molecule has 7 nitrogen and oxygen atoms in total. The van der Waals surface area contributed by atoms with E-state index in [1.807, 2.05) is 31.2 Å². The Labute approximate surface area is 159 Å². The predicted octanol–water partition coefficient (Wildman–Crippen LogP) is 2.88. The van der Waals surface area contributed by atoms with E-state index < -0.39 is 0 Å². The first-order chi connectivity index (χ1) is 13.2. The molecule has 3 aromatic heterocycles. The lowest BCUT2D eigenvalue weighted by Gasteiger charge is -2.07. The number of rotatable bonds is 6. The summed E-state index contributed by atoms with van der Waals surface area (Å²) >= 11 is 1.33. The van der Waals surface area contributed by atoms with Gasteiger partial charge in [-0.25, -0.2) is 15.0 Å². The number of unbranched alkanes of at least 4 members (excludes halogenated alkanes) is 1. The summed E-state index contributed by atoms with van der Waals surface area (Å²) in [4.78, 5) is 26.9. The van der Waals surface area contributed by atoms with Gasteiger partial charge >= 0.3 is 0 Å². The molecule has 0 amide bonds. The van der Waals surface area contributed by atoms with Crippen LogP contribution in [0.15, 0.2) is 41.7 Å². The maximum Gasteiger partial charge on any atom is 0.275 e. The highest BCUT2D eigenvalue weighted by Crippen LogP contribution is 2.32. The molecule has 8 heteroatoms. The molecule has 27 heavy (non-hydrogen) atoms. The van der Waals surface area contributed by atoms with Gasteiger partial charge in [0.15, 0.2) is 0 Å². The van der Waals surface area contributed by atoms with E-state index in [0.717, 1.165) is 34.3 Å². The fourth-order valence-corrected chi connectivity index (χ4v) is 3.96. The maximum absolute atomic E-state index is 13.0. The first-order valence-corrected chi connectivity index (χ1v) is 9.57. The van der Waals surface area contributed by atoms with Gasteiger partial charge in [-0.05, 0) is 31.9 Å². The number of thiophene rings is 1. The summed E-state index contributed by atoms with van der Waals surface area (Å²) in [6.07, 6.45) is 4.61. The Bertz CT molecular complexity index is 1150. The SMILES string of the molecule is Cc1ccc(-n2cnc3c(sc4ncnc(NCCCCO)c43)c2=O)cc1. The molecule has 4 aromatic rings. The quantitative estimate of drug-likeness (QED) is 0.499. The number of aliphatic hydroxyl groups excluding tert-OH is 1. The molecule has 4 rings (SSSR count). The third kappa shape index (κ3) is 3.29. The highest BCUT2D eigenvalue weighted by Gasteiger charge is 2.16. The van der Waals surface area contributed by atoms with Crippen LogP contribution < -0.4 is 10.9 Å². The number of nitrogens with zero attached hydrogens (tertiary/aromatic N) is 4. The van der Waals surface area contributed by atoms with E-state index >= 15 is 0 Å². The van der Waals surface area contributed by atoms with Crippen molar-refractivity contribution in [2.24, 2.45) is 0 Å². The molecule has 3 heterocycles. The molecule has 1 aromatic carbocycles. The number of aromatic nitrogens is 4. The number of hydrogen-bond acceptors (Lipinski definition) is 7. The highest BCUT2D eigenvalue weighted by atomic mass is 32.1. The smallest absolute Gasteiger partial charge is 0.275 e. The van der Waals surface area contributed by atoms with Gasteiger partial charge in [0.25, 0.3) is 5.56 Å². The van der Waals surface area contributed by atoms with Gasteiger partial charge in [0.1, 0.15) is 33.5 Å². The lowest BCUT2D eigenvalue weighted by atomic mass is 10.2. The summed E-state index contributed by atoms with van der Waals surface area (Å²) in [5.74, 6) is 0.671. The van der Waals surface area contributed by atoms with Crippen LogP contribution in [0.1, 0.15) is 18.4 Å². The van der Waals surface area contributed by atoms with Crippen molar-refractivity contribution >= 4 is 37.6 Å². The van der Waals surface area contributed by atoms with Gasteiger partial charge in [0.05, 0.1) is 11.1 Å². The van der Waals surface area contributed by atoms with Crippen molar-refractivity contribution in [2.75, 3.05) is 18.5 Å². The van der Waals surface area contributed by atoms with Crippen molar-refractivity contribution in [1.29, 1.82) is 0 Å². The average Bonchev–Trinajstić information content (AvgIpc) is 3.07. The monoisotopic (exact) mass is 381 g/mol. The Morgan fingerprint density at radius 1 is 1.15 bits per heavy atom. The number of benzene rings is 1. The standard InChI is InChI=1S/C19H19N5O2S/c1-12-4-6-13(7-5-12)24-11-23-15-14-17(20-8-2-3-9-25)21-10-22-18(14)27-16(15)19(24)26/h4-7,10-11,25H,2-3,8-9H2,1H3,(H,20,21,22). The first-order valence-electron chi connectivity index (χ1n) is 8.75. The molecule has 0 aliphatic heterocycles. The van der Waals surface area contributed by atoms with Crippen LogP contribution in [0.25, 0.3) is 26.1 Å². The van der Waals surface area contributed by atoms with Gasteiger partial charge < -0.3 is 10.4 Å². The van der Waals surface area contributed by atoms with Crippen LogP contribution >= 0.6 is 11.3 Å². The van der Waals surface area contributed by atoms with Crippen molar-refractivity contribution in [3.63, 3.8) is 0 Å². The second-order valence-electron chi connectivity index (χ2n) is 6.29. The minimum absolute atomic E-state index is 0.113. The molecule has 0 atom stereocenters. The number of fused-ring (bicyclic) bond motifs is 3. The number of anilines is 1. The maximum atomic E-state index is 13.0. The fraction of sp³-hybridized carbons (Fsp3) is 0.263. The number of hydrogen-bond donors (Lipinski definition) is 2. The van der Waals surface area contributed by atoms with Gasteiger partial charge in [-0.1, -0.05) is 17.7 Å². The van der Waals surface area contributed by atoms with Crippen LogP contribution in [-0.2, 0) is 0 Å². The van der Waals surface area contributed by atoms with Crippen LogP contribution in [0.5, 0.6) is 0 Å². The average molecular weight is 381 g/mol. The van der Waals surface area contributed by atoms with E-state index in [1.165, 1.54) is 17.7 Å². The van der Waals surface area contributed by atoms with E-state index in [1.54, 1.807) is 10.9 Å². The van der Waals surface area contributed by atoms with E-state index in [9.17, 15) is 4.79 Å². The molecule has 2 N–H and O–H groups in total. The minimum Gasteiger partial charge on any atom is -0.396 e. The Kier molecular flexibility index (Phi) is 4.83. The number of aryl methyl sites for hydroxylation is 1. The zero-order valence-corrected chi connectivity index (χ0v) is 15.7. The van der Waals surface area contributed by atoms with E-state index in [0.29, 0.717) is 22.6 Å². The molecular weight excluding hydrogens is 362 g/mol. The summed E-state index contributed by atoms with van der Waals surface area (Å²) in [6, 6.07) is 7.75. The largest absolute Gasteiger partial charge is 0.396 e. The van der Waals surface area contributed by atoms with Crippen LogP contribution in [0, 0.1) is 6.92 Å². The van der Waals surface area contributed by atoms with Crippen LogP contribution in [0.4, 0.5) is 5.82 Å². The van der Waals surface area contributed by atoms with E-state index in [4.69, 9.17) is 5.11 Å². The Balaban J connectivity index is 1.81. The third-order valence-corrected chi connectivity index (χ3v) is 5.44. The number of nitrogens with one attached hydrogen (secondary N) is 1. The van der Waals surface area contributed by atoms with Crippen molar-refractivity contribution in [3.8, 4) is 5.69 Å². The summed E-state index contributed by atoms with van der Waals surface area (Å²) in [5, 5.41) is 13.0. The highest BCUT2D eigenvalue weighted by molar-refractivity contribution is 7.25. The molecule has 0 radical (unpaired) electrons. The molecule has 0 bridgehead atoms. The lowest BCUT2D eigenvalue weighted by molar-refractivity contribution is 0.286. The second kappa shape index (κ2) is 7.42.